The average Bonchev–Trinajstić information content (AvgIpc) is 3.03. The van der Waals surface area contributed by atoms with Gasteiger partial charge in [0.25, 0.3) is 0 Å². The third-order valence-electron chi connectivity index (χ3n) is 3.46. The number of hydrogen-bond acceptors (Lipinski definition) is 5. The molecule has 1 aliphatic heterocycles. The summed E-state index contributed by atoms with van der Waals surface area (Å²) in [5.41, 5.74) is 1.60. The van der Waals surface area contributed by atoms with Gasteiger partial charge in [-0.2, -0.15) is 5.21 Å². The third kappa shape index (κ3) is 3.63. The molecule has 0 bridgehead atoms. The fourth-order valence-corrected chi connectivity index (χ4v) is 2.37. The molecule has 21 heavy (non-hydrogen) atoms. The number of anilines is 1. The molecule has 2 N–H and O–H groups in total. The summed E-state index contributed by atoms with van der Waals surface area (Å²) in [5.74, 6) is 0.512. The van der Waals surface area contributed by atoms with E-state index in [1.165, 1.54) is 0 Å². The van der Waals surface area contributed by atoms with E-state index in [0.717, 1.165) is 37.1 Å². The number of rotatable bonds is 4. The zero-order chi connectivity index (χ0) is 14.5. The standard InChI is InChI=1S/C14H17N5O2/c20-13(9-12-3-1-2-8-21-12)15-11-6-4-10(5-7-11)14-16-18-19-17-14/h4-7,12H,1-3,8-9H2,(H,15,20)(H,16,17,18,19). The number of nitrogens with zero attached hydrogens (tertiary/aromatic N) is 3. The summed E-state index contributed by atoms with van der Waals surface area (Å²) in [7, 11) is 0. The Morgan fingerprint density at radius 1 is 1.33 bits per heavy atom. The van der Waals surface area contributed by atoms with Crippen LogP contribution < -0.4 is 5.32 Å². The van der Waals surface area contributed by atoms with Crippen LogP contribution in [0.25, 0.3) is 11.4 Å². The lowest BCUT2D eigenvalue weighted by Crippen LogP contribution is -2.25. The quantitative estimate of drug-likeness (QED) is 0.894. The Hall–Kier alpha value is -2.28. The van der Waals surface area contributed by atoms with Gasteiger partial charge in [0.15, 0.2) is 0 Å². The van der Waals surface area contributed by atoms with E-state index in [1.54, 1.807) is 0 Å². The summed E-state index contributed by atoms with van der Waals surface area (Å²) in [6.45, 7) is 0.761. The molecule has 7 heteroatoms. The number of hydrogen-bond donors (Lipinski definition) is 2. The molecule has 0 radical (unpaired) electrons. The monoisotopic (exact) mass is 287 g/mol. The summed E-state index contributed by atoms with van der Waals surface area (Å²) in [5, 5.41) is 16.6. The Bertz CT molecular complexity index is 576. The number of amides is 1. The number of ether oxygens (including phenoxy) is 1. The molecule has 2 heterocycles. The van der Waals surface area contributed by atoms with E-state index in [-0.39, 0.29) is 12.0 Å². The first-order valence-corrected chi connectivity index (χ1v) is 7.06. The zero-order valence-corrected chi connectivity index (χ0v) is 11.6. The van der Waals surface area contributed by atoms with Crippen molar-refractivity contribution in [2.75, 3.05) is 11.9 Å². The number of aromatic nitrogens is 4. The predicted octanol–water partition coefficient (Wildman–Crippen LogP) is 1.76. The fraction of sp³-hybridized carbons (Fsp3) is 0.429. The summed E-state index contributed by atoms with van der Waals surface area (Å²) in [6, 6.07) is 7.34. The van der Waals surface area contributed by atoms with Crippen LogP contribution >= 0.6 is 0 Å². The van der Waals surface area contributed by atoms with E-state index in [4.69, 9.17) is 4.74 Å². The molecule has 0 spiro atoms. The van der Waals surface area contributed by atoms with Crippen molar-refractivity contribution in [1.29, 1.82) is 0 Å². The molecular weight excluding hydrogens is 270 g/mol. The van der Waals surface area contributed by atoms with Crippen molar-refractivity contribution < 1.29 is 9.53 Å². The topological polar surface area (TPSA) is 92.8 Å². The minimum Gasteiger partial charge on any atom is -0.378 e. The minimum atomic E-state index is -0.0192. The van der Waals surface area contributed by atoms with Crippen molar-refractivity contribution in [1.82, 2.24) is 20.6 Å². The van der Waals surface area contributed by atoms with Crippen molar-refractivity contribution in [3.05, 3.63) is 24.3 Å². The first-order valence-electron chi connectivity index (χ1n) is 7.06. The number of tetrazole rings is 1. The lowest BCUT2D eigenvalue weighted by molar-refractivity contribution is -0.119. The number of nitrogens with one attached hydrogen (secondary N) is 2. The lowest BCUT2D eigenvalue weighted by atomic mass is 10.1. The number of benzene rings is 1. The van der Waals surface area contributed by atoms with Gasteiger partial charge in [0, 0.05) is 17.9 Å². The summed E-state index contributed by atoms with van der Waals surface area (Å²) in [6.07, 6.45) is 3.65. The number of carbonyl (C=O) groups excluding carboxylic acids is 1. The summed E-state index contributed by atoms with van der Waals surface area (Å²) < 4.78 is 5.57. The molecule has 1 atom stereocenters. The van der Waals surface area contributed by atoms with Crippen LogP contribution in [0, 0.1) is 0 Å². The van der Waals surface area contributed by atoms with Crippen molar-refractivity contribution in [2.24, 2.45) is 0 Å². The molecule has 1 aromatic heterocycles. The normalized spacial score (nSPS) is 18.4. The van der Waals surface area contributed by atoms with E-state index in [2.05, 4.69) is 25.9 Å². The Kier molecular flexibility index (Phi) is 4.20. The first kappa shape index (κ1) is 13.7. The van der Waals surface area contributed by atoms with Crippen LogP contribution in [0.1, 0.15) is 25.7 Å². The molecule has 1 unspecified atom stereocenters. The molecule has 110 valence electrons. The molecule has 1 amide bonds. The molecule has 3 rings (SSSR count). The highest BCUT2D eigenvalue weighted by Gasteiger charge is 2.17. The van der Waals surface area contributed by atoms with Crippen molar-refractivity contribution in [2.45, 2.75) is 31.8 Å². The van der Waals surface area contributed by atoms with Gasteiger partial charge in [-0.1, -0.05) is 0 Å². The van der Waals surface area contributed by atoms with Gasteiger partial charge in [-0.3, -0.25) is 4.79 Å². The maximum Gasteiger partial charge on any atom is 0.226 e. The van der Waals surface area contributed by atoms with E-state index in [1.807, 2.05) is 24.3 Å². The number of carbonyl (C=O) groups is 1. The van der Waals surface area contributed by atoms with Crippen LogP contribution in [0.3, 0.4) is 0 Å². The van der Waals surface area contributed by atoms with E-state index in [0.29, 0.717) is 12.2 Å². The average molecular weight is 287 g/mol. The molecule has 1 aliphatic rings. The van der Waals surface area contributed by atoms with Gasteiger partial charge in [-0.05, 0) is 48.7 Å². The van der Waals surface area contributed by atoms with Gasteiger partial charge in [0.05, 0.1) is 12.5 Å². The second-order valence-electron chi connectivity index (χ2n) is 5.05. The molecular formula is C14H17N5O2. The number of H-pyrrole nitrogens is 1. The molecule has 0 aliphatic carbocycles. The molecule has 1 fully saturated rings. The minimum absolute atomic E-state index is 0.0192. The maximum atomic E-state index is 12.0. The second-order valence-corrected chi connectivity index (χ2v) is 5.05. The lowest BCUT2D eigenvalue weighted by Gasteiger charge is -2.21. The van der Waals surface area contributed by atoms with E-state index < -0.39 is 0 Å². The van der Waals surface area contributed by atoms with E-state index >= 15 is 0 Å². The van der Waals surface area contributed by atoms with Crippen LogP contribution in [0.15, 0.2) is 24.3 Å². The summed E-state index contributed by atoms with van der Waals surface area (Å²) in [4.78, 5) is 12.0. The van der Waals surface area contributed by atoms with Crippen LogP contribution in [-0.4, -0.2) is 39.2 Å². The molecule has 7 nitrogen and oxygen atoms in total. The maximum absolute atomic E-state index is 12.0. The Balaban J connectivity index is 1.56. The zero-order valence-electron chi connectivity index (χ0n) is 11.6. The number of aromatic amines is 1. The van der Waals surface area contributed by atoms with Crippen molar-refractivity contribution in [3.63, 3.8) is 0 Å². The molecule has 1 saturated heterocycles. The SMILES string of the molecule is O=C(CC1CCCCO1)Nc1ccc(-c2nn[nH]n2)cc1. The van der Waals surface area contributed by atoms with Crippen molar-refractivity contribution in [3.8, 4) is 11.4 Å². The van der Waals surface area contributed by atoms with Gasteiger partial charge in [-0.15, -0.1) is 10.2 Å². The molecule has 1 aromatic carbocycles. The highest BCUT2D eigenvalue weighted by Crippen LogP contribution is 2.19. The Morgan fingerprint density at radius 2 is 2.19 bits per heavy atom. The molecule has 2 aromatic rings. The largest absolute Gasteiger partial charge is 0.378 e. The highest BCUT2D eigenvalue weighted by molar-refractivity contribution is 5.91. The van der Waals surface area contributed by atoms with Gasteiger partial charge in [0.1, 0.15) is 0 Å². The Labute approximate surface area is 122 Å². The van der Waals surface area contributed by atoms with Crippen LogP contribution in [0.4, 0.5) is 5.69 Å². The summed E-state index contributed by atoms with van der Waals surface area (Å²) >= 11 is 0. The highest BCUT2D eigenvalue weighted by atomic mass is 16.5. The smallest absolute Gasteiger partial charge is 0.226 e. The van der Waals surface area contributed by atoms with Crippen LogP contribution in [0.5, 0.6) is 0 Å². The molecule has 0 saturated carbocycles. The fourth-order valence-electron chi connectivity index (χ4n) is 2.37. The van der Waals surface area contributed by atoms with Crippen LogP contribution in [0.2, 0.25) is 0 Å². The van der Waals surface area contributed by atoms with E-state index in [9.17, 15) is 4.79 Å². The van der Waals surface area contributed by atoms with Gasteiger partial charge in [-0.25, -0.2) is 0 Å². The van der Waals surface area contributed by atoms with Gasteiger partial charge in [0.2, 0.25) is 11.7 Å². The van der Waals surface area contributed by atoms with Gasteiger partial charge < -0.3 is 10.1 Å². The van der Waals surface area contributed by atoms with Gasteiger partial charge >= 0.3 is 0 Å². The third-order valence-corrected chi connectivity index (χ3v) is 3.46. The predicted molar refractivity (Wildman–Crippen MR) is 76.5 cm³/mol. The Morgan fingerprint density at radius 3 is 2.86 bits per heavy atom. The van der Waals surface area contributed by atoms with Crippen LogP contribution in [-0.2, 0) is 9.53 Å². The second kappa shape index (κ2) is 6.45. The van der Waals surface area contributed by atoms with Crippen molar-refractivity contribution >= 4 is 11.6 Å². The first-order chi connectivity index (χ1) is 10.3.